The third-order valence-corrected chi connectivity index (χ3v) is 9.59. The predicted octanol–water partition coefficient (Wildman–Crippen LogP) is 10.2. The van der Waals surface area contributed by atoms with Crippen LogP contribution >= 0.6 is 32.1 Å². The molecule has 3 nitrogen and oxygen atoms in total. The number of aryl methyl sites for hydroxylation is 2. The third-order valence-electron chi connectivity index (χ3n) is 6.68. The molecule has 0 aromatic heterocycles. The van der Waals surface area contributed by atoms with E-state index in [1.807, 2.05) is 49.6 Å². The van der Waals surface area contributed by atoms with Gasteiger partial charge in [-0.2, -0.15) is 0 Å². The highest BCUT2D eigenvalue weighted by Gasteiger charge is 2.26. The van der Waals surface area contributed by atoms with Crippen molar-refractivity contribution in [1.82, 2.24) is 0 Å². The zero-order valence-electron chi connectivity index (χ0n) is 22.9. The van der Waals surface area contributed by atoms with Crippen LogP contribution in [-0.4, -0.2) is 11.1 Å². The minimum Gasteiger partial charge on any atom is -0.417 e. The lowest BCUT2D eigenvalue weighted by Crippen LogP contribution is -1.98. The molecule has 8 heteroatoms. The lowest BCUT2D eigenvalue weighted by atomic mass is 10.1. The SMILES string of the molecule is CCc1cccc2c1Sc1c(F)cccc1C=C2OP(O)O/C(=C/c1cccc(F)c1)c1cccc(CC)c1SC. The van der Waals surface area contributed by atoms with Crippen LogP contribution < -0.4 is 0 Å². The van der Waals surface area contributed by atoms with Gasteiger partial charge < -0.3 is 13.9 Å². The molecule has 0 radical (unpaired) electrons. The zero-order valence-corrected chi connectivity index (χ0v) is 25.4. The van der Waals surface area contributed by atoms with Crippen LogP contribution in [0.2, 0.25) is 0 Å². The van der Waals surface area contributed by atoms with Crippen molar-refractivity contribution < 1.29 is 22.7 Å². The van der Waals surface area contributed by atoms with Gasteiger partial charge in [0.25, 0.3) is 0 Å². The Morgan fingerprint density at radius 2 is 1.66 bits per heavy atom. The second kappa shape index (κ2) is 13.3. The summed E-state index contributed by atoms with van der Waals surface area (Å²) in [6.45, 7) is 4.13. The van der Waals surface area contributed by atoms with Gasteiger partial charge in [-0.3, -0.25) is 0 Å². The number of rotatable bonds is 9. The summed E-state index contributed by atoms with van der Waals surface area (Å²) in [4.78, 5) is 13.7. The van der Waals surface area contributed by atoms with Crippen LogP contribution in [0.5, 0.6) is 0 Å². The molecule has 1 unspecified atom stereocenters. The number of benzene rings is 4. The number of hydrogen-bond donors (Lipinski definition) is 1. The summed E-state index contributed by atoms with van der Waals surface area (Å²) >= 11 is 2.95. The molecular weight excluding hydrogens is 577 g/mol. The molecule has 0 bridgehead atoms. The first-order chi connectivity index (χ1) is 19.9. The first-order valence-electron chi connectivity index (χ1n) is 13.2. The van der Waals surface area contributed by atoms with Crippen LogP contribution in [0, 0.1) is 11.6 Å². The maximum Gasteiger partial charge on any atom is 0.460 e. The lowest BCUT2D eigenvalue weighted by Gasteiger charge is -2.20. The van der Waals surface area contributed by atoms with Crippen molar-refractivity contribution in [3.63, 3.8) is 0 Å². The second-order valence-corrected chi connectivity index (χ2v) is 11.9. The Bertz CT molecular complexity index is 1640. The first-order valence-corrected chi connectivity index (χ1v) is 16.4. The van der Waals surface area contributed by atoms with Crippen LogP contribution in [0.1, 0.15) is 47.2 Å². The van der Waals surface area contributed by atoms with Crippen molar-refractivity contribution in [3.05, 3.63) is 124 Å². The van der Waals surface area contributed by atoms with Gasteiger partial charge in [0.1, 0.15) is 23.2 Å². The van der Waals surface area contributed by atoms with E-state index in [1.54, 1.807) is 42.1 Å². The minimum absolute atomic E-state index is 0.315. The van der Waals surface area contributed by atoms with Gasteiger partial charge in [0.15, 0.2) is 0 Å². The smallest absolute Gasteiger partial charge is 0.417 e. The quantitative estimate of drug-likeness (QED) is 0.0888. The van der Waals surface area contributed by atoms with E-state index >= 15 is 0 Å². The molecule has 41 heavy (non-hydrogen) atoms. The van der Waals surface area contributed by atoms with Crippen molar-refractivity contribution in [1.29, 1.82) is 0 Å². The highest BCUT2D eigenvalue weighted by atomic mass is 32.2. The molecule has 0 amide bonds. The van der Waals surface area contributed by atoms with E-state index in [2.05, 4.69) is 13.0 Å². The standard InChI is InChI=1S/C33H29F2O3PS2/c1-4-22-11-7-15-26(31(22)40-3)29(19-21-10-6-14-25(34)18-21)37-39(36)38-30-20-24-13-9-17-28(35)33(24)41-32-23(5-2)12-8-16-27(30)32/h6-20,36H,4-5H2,1-3H3/b29-19+. The fourth-order valence-electron chi connectivity index (χ4n) is 4.71. The fourth-order valence-corrected chi connectivity index (χ4v) is 7.48. The maximum absolute atomic E-state index is 14.9. The molecule has 0 fully saturated rings. The van der Waals surface area contributed by atoms with Gasteiger partial charge in [-0.25, -0.2) is 8.78 Å². The lowest BCUT2D eigenvalue weighted by molar-refractivity contribution is 0.348. The van der Waals surface area contributed by atoms with E-state index in [4.69, 9.17) is 9.05 Å². The molecule has 210 valence electrons. The minimum atomic E-state index is -2.49. The molecule has 1 aliphatic rings. The molecule has 4 aromatic carbocycles. The summed E-state index contributed by atoms with van der Waals surface area (Å²) in [5.74, 6) is 0.0631. The topological polar surface area (TPSA) is 38.7 Å². The average molecular weight is 607 g/mol. The summed E-state index contributed by atoms with van der Waals surface area (Å²) in [5, 5.41) is 0. The van der Waals surface area contributed by atoms with E-state index in [1.165, 1.54) is 30.0 Å². The van der Waals surface area contributed by atoms with Crippen LogP contribution in [0.4, 0.5) is 8.78 Å². The van der Waals surface area contributed by atoms with Crippen LogP contribution in [0.3, 0.4) is 0 Å². The molecule has 1 aliphatic heterocycles. The van der Waals surface area contributed by atoms with Gasteiger partial charge in [-0.15, -0.1) is 11.8 Å². The Kier molecular flexibility index (Phi) is 9.51. The van der Waals surface area contributed by atoms with Gasteiger partial charge in [0.2, 0.25) is 0 Å². The maximum atomic E-state index is 14.9. The highest BCUT2D eigenvalue weighted by molar-refractivity contribution is 7.99. The molecular formula is C33H29F2O3PS2. The van der Waals surface area contributed by atoms with Crippen LogP contribution in [-0.2, 0) is 21.9 Å². The predicted molar refractivity (Wildman–Crippen MR) is 167 cm³/mol. The van der Waals surface area contributed by atoms with E-state index in [0.717, 1.165) is 44.9 Å². The Hall–Kier alpha value is -3.09. The Morgan fingerprint density at radius 3 is 2.41 bits per heavy atom. The van der Waals surface area contributed by atoms with Crippen molar-refractivity contribution >= 4 is 55.8 Å². The van der Waals surface area contributed by atoms with Crippen molar-refractivity contribution in [3.8, 4) is 0 Å². The first kappa shape index (κ1) is 29.4. The molecule has 1 atom stereocenters. The normalized spacial score (nSPS) is 13.5. The van der Waals surface area contributed by atoms with Crippen LogP contribution in [0.25, 0.3) is 23.7 Å². The summed E-state index contributed by atoms with van der Waals surface area (Å²) in [5.41, 5.74) is 4.96. The third kappa shape index (κ3) is 6.54. The Morgan fingerprint density at radius 1 is 0.927 bits per heavy atom. The molecule has 0 saturated heterocycles. The van der Waals surface area contributed by atoms with Gasteiger partial charge in [-0.05, 0) is 71.7 Å². The fraction of sp³-hybridized carbons (Fsp3) is 0.152. The molecule has 0 saturated carbocycles. The highest BCUT2D eigenvalue weighted by Crippen LogP contribution is 2.50. The van der Waals surface area contributed by atoms with Crippen LogP contribution in [0.15, 0.2) is 93.5 Å². The monoisotopic (exact) mass is 606 g/mol. The van der Waals surface area contributed by atoms with Crippen molar-refractivity contribution in [2.24, 2.45) is 0 Å². The van der Waals surface area contributed by atoms with Gasteiger partial charge in [0.05, 0.1) is 4.90 Å². The summed E-state index contributed by atoms with van der Waals surface area (Å²) < 4.78 is 41.3. The van der Waals surface area contributed by atoms with Crippen molar-refractivity contribution in [2.75, 3.05) is 6.26 Å². The Balaban J connectivity index is 1.56. The number of halogens is 2. The van der Waals surface area contributed by atoms with E-state index in [0.29, 0.717) is 27.5 Å². The van der Waals surface area contributed by atoms with Gasteiger partial charge in [-0.1, -0.05) is 86.3 Å². The summed E-state index contributed by atoms with van der Waals surface area (Å²) in [6.07, 6.45) is 7.01. The Labute approximate surface area is 249 Å². The average Bonchev–Trinajstić information content (AvgIpc) is 3.13. The van der Waals surface area contributed by atoms with E-state index in [-0.39, 0.29) is 11.6 Å². The van der Waals surface area contributed by atoms with Crippen molar-refractivity contribution in [2.45, 2.75) is 41.4 Å². The largest absolute Gasteiger partial charge is 0.460 e. The van der Waals surface area contributed by atoms with Gasteiger partial charge in [0, 0.05) is 20.9 Å². The second-order valence-electron chi connectivity index (χ2n) is 9.25. The molecule has 0 spiro atoms. The van der Waals surface area contributed by atoms with Gasteiger partial charge >= 0.3 is 8.60 Å². The molecule has 4 aromatic rings. The molecule has 1 heterocycles. The summed E-state index contributed by atoms with van der Waals surface area (Å²) in [7, 11) is -2.49. The molecule has 0 aliphatic carbocycles. The van der Waals surface area contributed by atoms with E-state index < -0.39 is 8.60 Å². The summed E-state index contributed by atoms with van der Waals surface area (Å²) in [6, 6.07) is 22.9. The number of hydrogen-bond acceptors (Lipinski definition) is 5. The number of thioether (sulfide) groups is 1. The molecule has 1 N–H and O–H groups in total. The van der Waals surface area contributed by atoms with E-state index in [9.17, 15) is 13.7 Å². The number of fused-ring (bicyclic) bond motifs is 2. The molecule has 5 rings (SSSR count). The zero-order chi connectivity index (χ0) is 28.9.